The van der Waals surface area contributed by atoms with Crippen molar-refractivity contribution in [2.24, 2.45) is 17.6 Å². The van der Waals surface area contributed by atoms with Gasteiger partial charge in [-0.1, -0.05) is 27.7 Å². The van der Waals surface area contributed by atoms with Gasteiger partial charge in [-0.15, -0.1) is 0 Å². The molecule has 3 aliphatic carbocycles. The number of benzene rings is 1. The van der Waals surface area contributed by atoms with E-state index >= 15 is 0 Å². The minimum absolute atomic E-state index is 0.110. The molecule has 0 unspecified atom stereocenters. The van der Waals surface area contributed by atoms with E-state index in [0.29, 0.717) is 11.1 Å². The maximum Gasteiger partial charge on any atom is 0.255 e. The van der Waals surface area contributed by atoms with Crippen molar-refractivity contribution in [1.29, 1.82) is 0 Å². The van der Waals surface area contributed by atoms with Crippen molar-refractivity contribution < 1.29 is 39.9 Å². The number of rotatable bonds is 2. The lowest BCUT2D eigenvalue weighted by Gasteiger charge is -2.53. The molecule has 1 saturated carbocycles. The van der Waals surface area contributed by atoms with Crippen molar-refractivity contribution in [1.82, 2.24) is 4.90 Å². The highest BCUT2D eigenvalue weighted by atomic mass is 16.4. The Bertz CT molecular complexity index is 1320. The molecule has 3 aliphatic rings. The molecule has 0 spiro atoms. The number of hydrogen-bond donors (Lipinski definition) is 7. The number of likely N-dealkylation sites (N-methyl/N-ethyl adjacent to an activating group) is 1. The Morgan fingerprint density at radius 1 is 1.14 bits per heavy atom. The predicted molar refractivity (Wildman–Crippen MR) is 133 cm³/mol. The SMILES string of the molecule is C[C@@H]1c2c(N)cc(C(C)(C)C)c(O)c2C(O)=C2C(=O)[C@@]3(O)C(O)=C(C(N)=O)C(=O)[C@H](N(C)C)[C@H]3[C@H](O)[C@H]21. The van der Waals surface area contributed by atoms with Crippen molar-refractivity contribution in [3.8, 4) is 5.75 Å². The molecule has 9 N–H and O–H groups in total. The number of aliphatic hydroxyl groups excluding tert-OH is 3. The second-order valence-corrected chi connectivity index (χ2v) is 11.4. The standard InChI is InChI=1S/C26H33N3O8/c1-8-11-10(27)7-9(25(2,3)4)18(30)13(11)19(31)14-12(8)20(32)16-17(29(5)6)21(33)15(24(28)36)23(35)26(16,37)22(14)34/h7-8,12,16-17,20,30-32,35,37H,27H2,1-6H3,(H2,28,36)/t8-,12+,16+,17-,20-,26-/m1/s1. The van der Waals surface area contributed by atoms with E-state index in [-0.39, 0.29) is 17.0 Å². The molecule has 0 radical (unpaired) electrons. The van der Waals surface area contributed by atoms with E-state index in [9.17, 15) is 39.9 Å². The average molecular weight is 516 g/mol. The number of amides is 1. The molecule has 0 heterocycles. The Morgan fingerprint density at radius 2 is 1.70 bits per heavy atom. The van der Waals surface area contributed by atoms with Gasteiger partial charge in [-0.3, -0.25) is 19.3 Å². The van der Waals surface area contributed by atoms with Gasteiger partial charge in [0, 0.05) is 22.7 Å². The summed E-state index contributed by atoms with van der Waals surface area (Å²) in [5.74, 6) is -9.35. The molecule has 1 fully saturated rings. The summed E-state index contributed by atoms with van der Waals surface area (Å²) >= 11 is 0. The molecule has 4 rings (SSSR count). The fraction of sp³-hybridized carbons (Fsp3) is 0.500. The summed E-state index contributed by atoms with van der Waals surface area (Å²) in [6.45, 7) is 7.11. The number of phenols is 1. The van der Waals surface area contributed by atoms with Gasteiger partial charge in [-0.2, -0.15) is 0 Å². The molecule has 11 heteroatoms. The quantitative estimate of drug-likeness (QED) is 0.164. The van der Waals surface area contributed by atoms with Gasteiger partial charge in [-0.25, -0.2) is 0 Å². The van der Waals surface area contributed by atoms with Gasteiger partial charge >= 0.3 is 0 Å². The third-order valence-electron chi connectivity index (χ3n) is 8.06. The minimum atomic E-state index is -2.95. The summed E-state index contributed by atoms with van der Waals surface area (Å²) in [6, 6.07) is 0.171. The van der Waals surface area contributed by atoms with Crippen LogP contribution in [-0.2, 0) is 19.8 Å². The van der Waals surface area contributed by atoms with Gasteiger partial charge in [-0.05, 0) is 37.1 Å². The largest absolute Gasteiger partial charge is 0.508 e. The lowest BCUT2D eigenvalue weighted by Crippen LogP contribution is -2.70. The number of Topliss-reactive ketones (excluding diaryl/α,β-unsaturated/α-hetero) is 2. The lowest BCUT2D eigenvalue weighted by molar-refractivity contribution is -0.169. The number of ketones is 2. The number of aliphatic hydroxyl groups is 4. The van der Waals surface area contributed by atoms with Crippen molar-refractivity contribution in [2.75, 3.05) is 19.8 Å². The van der Waals surface area contributed by atoms with Gasteiger partial charge in [0.2, 0.25) is 5.78 Å². The Morgan fingerprint density at radius 3 is 2.19 bits per heavy atom. The average Bonchev–Trinajstić information content (AvgIpc) is 2.76. The third-order valence-corrected chi connectivity index (χ3v) is 8.06. The Balaban J connectivity index is 2.10. The molecule has 1 aromatic carbocycles. The van der Waals surface area contributed by atoms with Gasteiger partial charge in [0.25, 0.3) is 5.91 Å². The van der Waals surface area contributed by atoms with Crippen molar-refractivity contribution in [3.05, 3.63) is 39.7 Å². The van der Waals surface area contributed by atoms with Crippen LogP contribution in [0.2, 0.25) is 0 Å². The first-order chi connectivity index (χ1) is 16.9. The lowest BCUT2D eigenvalue weighted by atomic mass is 9.54. The Hall–Kier alpha value is -3.41. The van der Waals surface area contributed by atoms with Crippen molar-refractivity contribution in [3.63, 3.8) is 0 Å². The molecule has 1 amide bonds. The number of hydrogen-bond acceptors (Lipinski definition) is 10. The van der Waals surface area contributed by atoms with Gasteiger partial charge in [0.15, 0.2) is 11.4 Å². The third kappa shape index (κ3) is 3.27. The first-order valence-electron chi connectivity index (χ1n) is 11.9. The fourth-order valence-corrected chi connectivity index (χ4v) is 6.38. The number of carbonyl (C=O) groups excluding carboxylic acids is 3. The van der Waals surface area contributed by atoms with Crippen molar-refractivity contribution in [2.45, 2.75) is 56.8 Å². The number of carbonyl (C=O) groups is 3. The van der Waals surface area contributed by atoms with E-state index in [2.05, 4.69) is 0 Å². The number of aromatic hydroxyl groups is 1. The summed E-state index contributed by atoms with van der Waals surface area (Å²) in [5, 5.41) is 56.9. The van der Waals surface area contributed by atoms with Crippen LogP contribution in [0.25, 0.3) is 5.76 Å². The van der Waals surface area contributed by atoms with Gasteiger partial charge < -0.3 is 37.0 Å². The van der Waals surface area contributed by atoms with Gasteiger partial charge in [0.05, 0.1) is 23.6 Å². The highest BCUT2D eigenvalue weighted by molar-refractivity contribution is 6.24. The molecule has 0 aliphatic heterocycles. The van der Waals surface area contributed by atoms with Crippen molar-refractivity contribution >= 4 is 28.9 Å². The smallest absolute Gasteiger partial charge is 0.255 e. The number of phenolic OH excluding ortho intramolecular Hbond substituents is 1. The monoisotopic (exact) mass is 515 g/mol. The van der Waals surface area contributed by atoms with Crippen LogP contribution in [0.15, 0.2) is 23.0 Å². The number of anilines is 1. The zero-order valence-electron chi connectivity index (χ0n) is 21.5. The van der Waals surface area contributed by atoms with E-state index in [0.717, 1.165) is 0 Å². The minimum Gasteiger partial charge on any atom is -0.508 e. The first kappa shape index (κ1) is 26.6. The molecular weight excluding hydrogens is 482 g/mol. The first-order valence-corrected chi connectivity index (χ1v) is 11.9. The van der Waals surface area contributed by atoms with Crippen LogP contribution >= 0.6 is 0 Å². The van der Waals surface area contributed by atoms with E-state index in [1.165, 1.54) is 19.0 Å². The van der Waals surface area contributed by atoms with E-state index in [1.54, 1.807) is 13.0 Å². The second kappa shape index (κ2) is 8.04. The van der Waals surface area contributed by atoms with Crippen LogP contribution in [0.3, 0.4) is 0 Å². The molecule has 11 nitrogen and oxygen atoms in total. The summed E-state index contributed by atoms with van der Waals surface area (Å²) in [7, 11) is 2.90. The van der Waals surface area contributed by atoms with Gasteiger partial charge in [0.1, 0.15) is 22.8 Å². The van der Waals surface area contributed by atoms with E-state index < -0.39 is 81.1 Å². The molecule has 37 heavy (non-hydrogen) atoms. The summed E-state index contributed by atoms with van der Waals surface area (Å²) < 4.78 is 0. The number of fused-ring (bicyclic) bond motifs is 3. The number of nitrogen functional groups attached to an aromatic ring is 1. The van der Waals surface area contributed by atoms with Crippen LogP contribution in [0.4, 0.5) is 5.69 Å². The molecule has 0 bridgehead atoms. The van der Waals surface area contributed by atoms with E-state index in [4.69, 9.17) is 11.5 Å². The number of primary amides is 1. The molecule has 0 saturated heterocycles. The Labute approximate surface area is 213 Å². The zero-order chi connectivity index (χ0) is 28.1. The van der Waals surface area contributed by atoms with Crippen LogP contribution in [0, 0.1) is 11.8 Å². The predicted octanol–water partition coefficient (Wildman–Crippen LogP) is 0.376. The molecule has 1 aromatic rings. The highest BCUT2D eigenvalue weighted by Gasteiger charge is 2.68. The molecule has 6 atom stereocenters. The maximum absolute atomic E-state index is 14.0. The molecule has 0 aromatic heterocycles. The number of nitrogens with zero attached hydrogens (tertiary/aromatic N) is 1. The topological polar surface area (TPSA) is 208 Å². The maximum atomic E-state index is 14.0. The van der Waals surface area contributed by atoms with Crippen LogP contribution in [0.5, 0.6) is 5.75 Å². The Kier molecular flexibility index (Phi) is 5.79. The number of nitrogens with two attached hydrogens (primary N) is 2. The summed E-state index contributed by atoms with van der Waals surface area (Å²) in [5.41, 5.74) is 7.54. The van der Waals surface area contributed by atoms with Crippen LogP contribution in [0.1, 0.15) is 50.3 Å². The normalized spacial score (nSPS) is 31.9. The summed E-state index contributed by atoms with van der Waals surface area (Å²) in [6.07, 6.45) is -1.67. The zero-order valence-corrected chi connectivity index (χ0v) is 21.5. The summed E-state index contributed by atoms with van der Waals surface area (Å²) in [4.78, 5) is 40.6. The van der Waals surface area contributed by atoms with E-state index in [1.807, 2.05) is 20.8 Å². The van der Waals surface area contributed by atoms with Crippen LogP contribution < -0.4 is 11.5 Å². The molecule has 200 valence electrons. The molecular formula is C26H33N3O8. The highest BCUT2D eigenvalue weighted by Crippen LogP contribution is 2.57. The fourth-order valence-electron chi connectivity index (χ4n) is 6.38. The second-order valence-electron chi connectivity index (χ2n) is 11.4. The van der Waals surface area contributed by atoms with Crippen LogP contribution in [-0.4, -0.2) is 79.7 Å².